The van der Waals surface area contributed by atoms with Crippen molar-refractivity contribution in [3.8, 4) is 0 Å². The zero-order chi connectivity index (χ0) is 22.1. The van der Waals surface area contributed by atoms with Crippen molar-refractivity contribution >= 4 is 29.6 Å². The summed E-state index contributed by atoms with van der Waals surface area (Å²) in [6.07, 6.45) is 3.84. The van der Waals surface area contributed by atoms with Gasteiger partial charge in [0.1, 0.15) is 11.4 Å². The molecule has 0 saturated carbocycles. The lowest BCUT2D eigenvalue weighted by Crippen LogP contribution is -2.40. The van der Waals surface area contributed by atoms with Crippen LogP contribution in [-0.4, -0.2) is 71.5 Å². The van der Waals surface area contributed by atoms with Gasteiger partial charge < -0.3 is 36.6 Å². The Morgan fingerprint density at radius 2 is 1.53 bits per heavy atom. The summed E-state index contributed by atoms with van der Waals surface area (Å²) in [7, 11) is 3.43. The molecule has 7 N–H and O–H groups in total. The highest BCUT2D eigenvalue weighted by atomic mass is 16.2. The van der Waals surface area contributed by atoms with Gasteiger partial charge in [-0.15, -0.1) is 0 Å². The molecular formula is C19H30N8O3. The second-order valence-electron chi connectivity index (χ2n) is 6.84. The summed E-state index contributed by atoms with van der Waals surface area (Å²) in [5.41, 5.74) is 13.0. The molecular weight excluding hydrogens is 388 g/mol. The summed E-state index contributed by atoms with van der Waals surface area (Å²) < 4.78 is 3.25. The summed E-state index contributed by atoms with van der Waals surface area (Å²) in [6, 6.07) is 3.17. The van der Waals surface area contributed by atoms with E-state index in [0.717, 1.165) is 13.1 Å². The number of anilines is 2. The zero-order valence-electron chi connectivity index (χ0n) is 17.4. The lowest BCUT2D eigenvalue weighted by atomic mass is 10.3. The Bertz CT molecular complexity index is 867. The second kappa shape index (κ2) is 11.1. The van der Waals surface area contributed by atoms with Crippen LogP contribution in [0.25, 0.3) is 0 Å². The van der Waals surface area contributed by atoms with Crippen molar-refractivity contribution in [2.75, 3.05) is 49.9 Å². The quantitative estimate of drug-likeness (QED) is 0.283. The molecule has 0 spiro atoms. The maximum absolute atomic E-state index is 12.5. The van der Waals surface area contributed by atoms with Crippen LogP contribution in [0.5, 0.6) is 0 Å². The first-order chi connectivity index (χ1) is 14.4. The minimum Gasteiger partial charge on any atom is -0.349 e. The molecule has 0 atom stereocenters. The van der Waals surface area contributed by atoms with Gasteiger partial charge in [0.2, 0.25) is 6.41 Å². The normalized spacial score (nSPS) is 10.8. The first-order valence-electron chi connectivity index (χ1n) is 9.64. The Hall–Kier alpha value is -3.15. The van der Waals surface area contributed by atoms with E-state index in [2.05, 4.69) is 20.9 Å². The van der Waals surface area contributed by atoms with Crippen LogP contribution in [0.15, 0.2) is 24.5 Å². The van der Waals surface area contributed by atoms with E-state index in [1.54, 1.807) is 47.8 Å². The summed E-state index contributed by atoms with van der Waals surface area (Å²) in [5.74, 6) is -0.594. The highest BCUT2D eigenvalue weighted by Gasteiger charge is 2.16. The number of amides is 3. The van der Waals surface area contributed by atoms with E-state index in [9.17, 15) is 14.4 Å². The number of aromatic nitrogens is 2. The standard InChI is InChI=1S/C19H30N8O3/c1-25-11-14(23-13-28)9-17(25)19(30)24-15-10-16(26(2)12-15)18(29)22-5-8-27(6-3-20)7-4-21/h9-13H,3-8,20-21H2,1-2H3,(H,22,29)(H,23,28)(H,24,30). The van der Waals surface area contributed by atoms with Crippen LogP contribution in [0.4, 0.5) is 11.4 Å². The summed E-state index contributed by atoms with van der Waals surface area (Å²) in [5, 5.41) is 8.14. The van der Waals surface area contributed by atoms with Crippen molar-refractivity contribution in [1.82, 2.24) is 19.4 Å². The van der Waals surface area contributed by atoms with Gasteiger partial charge in [-0.1, -0.05) is 0 Å². The van der Waals surface area contributed by atoms with E-state index in [4.69, 9.17) is 11.5 Å². The summed E-state index contributed by atoms with van der Waals surface area (Å²) in [4.78, 5) is 37.7. The van der Waals surface area contributed by atoms with Crippen molar-refractivity contribution in [3.05, 3.63) is 35.9 Å². The first kappa shape index (κ1) is 23.1. The minimum atomic E-state index is -0.354. The van der Waals surface area contributed by atoms with Crippen molar-refractivity contribution in [2.24, 2.45) is 25.6 Å². The molecule has 3 amide bonds. The van der Waals surface area contributed by atoms with Crippen molar-refractivity contribution in [1.29, 1.82) is 0 Å². The number of aryl methyl sites for hydroxylation is 2. The van der Waals surface area contributed by atoms with E-state index < -0.39 is 0 Å². The molecule has 0 unspecified atom stereocenters. The van der Waals surface area contributed by atoms with Crippen LogP contribution in [0.1, 0.15) is 21.0 Å². The van der Waals surface area contributed by atoms with Gasteiger partial charge in [-0.25, -0.2) is 0 Å². The number of nitrogens with zero attached hydrogens (tertiary/aromatic N) is 3. The van der Waals surface area contributed by atoms with Gasteiger partial charge in [-0.2, -0.15) is 0 Å². The average Bonchev–Trinajstić information content (AvgIpc) is 3.24. The third kappa shape index (κ3) is 6.17. The monoisotopic (exact) mass is 418 g/mol. The Kier molecular flexibility index (Phi) is 8.59. The highest BCUT2D eigenvalue weighted by molar-refractivity contribution is 6.05. The fourth-order valence-electron chi connectivity index (χ4n) is 3.11. The van der Waals surface area contributed by atoms with Crippen LogP contribution < -0.4 is 27.4 Å². The highest BCUT2D eigenvalue weighted by Crippen LogP contribution is 2.17. The van der Waals surface area contributed by atoms with E-state index in [0.29, 0.717) is 55.4 Å². The molecule has 164 valence electrons. The molecule has 11 heteroatoms. The van der Waals surface area contributed by atoms with E-state index in [1.165, 1.54) is 0 Å². The Morgan fingerprint density at radius 3 is 2.13 bits per heavy atom. The van der Waals surface area contributed by atoms with Gasteiger partial charge in [-0.05, 0) is 12.1 Å². The van der Waals surface area contributed by atoms with Gasteiger partial charge in [0.25, 0.3) is 11.8 Å². The van der Waals surface area contributed by atoms with Gasteiger partial charge >= 0.3 is 0 Å². The van der Waals surface area contributed by atoms with Gasteiger partial charge in [-0.3, -0.25) is 19.3 Å². The van der Waals surface area contributed by atoms with Crippen LogP contribution in [0, 0.1) is 0 Å². The maximum atomic E-state index is 12.5. The third-order valence-corrected chi connectivity index (χ3v) is 4.56. The molecule has 30 heavy (non-hydrogen) atoms. The summed E-state index contributed by atoms with van der Waals surface area (Å²) >= 11 is 0. The van der Waals surface area contributed by atoms with E-state index in [1.807, 2.05) is 0 Å². The van der Waals surface area contributed by atoms with Crippen LogP contribution in [0.3, 0.4) is 0 Å². The molecule has 2 aromatic rings. The molecule has 0 fully saturated rings. The molecule has 0 aliphatic carbocycles. The number of nitrogens with two attached hydrogens (primary N) is 2. The smallest absolute Gasteiger partial charge is 0.272 e. The Balaban J connectivity index is 1.96. The molecule has 2 aromatic heterocycles. The van der Waals surface area contributed by atoms with Crippen molar-refractivity contribution in [2.45, 2.75) is 0 Å². The van der Waals surface area contributed by atoms with Crippen LogP contribution >= 0.6 is 0 Å². The molecule has 0 saturated heterocycles. The fourth-order valence-corrected chi connectivity index (χ4v) is 3.11. The molecule has 0 aromatic carbocycles. The van der Waals surface area contributed by atoms with Crippen molar-refractivity contribution < 1.29 is 14.4 Å². The predicted octanol–water partition coefficient (Wildman–Crippen LogP) is -0.867. The molecule has 0 bridgehead atoms. The van der Waals surface area contributed by atoms with E-state index >= 15 is 0 Å². The first-order valence-corrected chi connectivity index (χ1v) is 9.64. The Morgan fingerprint density at radius 1 is 0.967 bits per heavy atom. The van der Waals surface area contributed by atoms with Crippen LogP contribution in [-0.2, 0) is 18.9 Å². The topological polar surface area (TPSA) is 152 Å². The van der Waals surface area contributed by atoms with Gasteiger partial charge in [0.15, 0.2) is 0 Å². The SMILES string of the molecule is Cn1cc(NC(=O)c2cc(NC=O)cn2C)cc1C(=O)NCCN(CCN)CCN. The minimum absolute atomic E-state index is 0.241. The lowest BCUT2D eigenvalue weighted by molar-refractivity contribution is -0.105. The largest absolute Gasteiger partial charge is 0.349 e. The van der Waals surface area contributed by atoms with E-state index in [-0.39, 0.29) is 11.8 Å². The lowest BCUT2D eigenvalue weighted by Gasteiger charge is -2.20. The number of nitrogens with one attached hydrogen (secondary N) is 3. The molecule has 0 radical (unpaired) electrons. The van der Waals surface area contributed by atoms with Gasteiger partial charge in [0.05, 0.1) is 11.4 Å². The zero-order valence-corrected chi connectivity index (χ0v) is 17.4. The second-order valence-corrected chi connectivity index (χ2v) is 6.84. The molecule has 0 aliphatic rings. The number of rotatable bonds is 12. The summed E-state index contributed by atoms with van der Waals surface area (Å²) in [6.45, 7) is 3.61. The number of carbonyl (C=O) groups excluding carboxylic acids is 3. The third-order valence-electron chi connectivity index (χ3n) is 4.56. The molecule has 0 aliphatic heterocycles. The predicted molar refractivity (Wildman–Crippen MR) is 115 cm³/mol. The molecule has 11 nitrogen and oxygen atoms in total. The maximum Gasteiger partial charge on any atom is 0.272 e. The van der Waals surface area contributed by atoms with Crippen molar-refractivity contribution in [3.63, 3.8) is 0 Å². The van der Waals surface area contributed by atoms with Gasteiger partial charge in [0, 0.05) is 65.8 Å². The fraction of sp³-hybridized carbons (Fsp3) is 0.421. The molecule has 2 rings (SSSR count). The number of carbonyl (C=O) groups is 3. The number of hydrogen-bond donors (Lipinski definition) is 5. The Labute approximate surface area is 175 Å². The van der Waals surface area contributed by atoms with Crippen LogP contribution in [0.2, 0.25) is 0 Å². The molecule has 2 heterocycles. The number of hydrogen-bond acceptors (Lipinski definition) is 6. The average molecular weight is 419 g/mol.